The van der Waals surface area contributed by atoms with Gasteiger partial charge in [-0.15, -0.1) is 23.7 Å². The van der Waals surface area contributed by atoms with Gasteiger partial charge in [0.2, 0.25) is 0 Å². The van der Waals surface area contributed by atoms with Gasteiger partial charge in [-0.1, -0.05) is 12.1 Å². The van der Waals surface area contributed by atoms with Crippen molar-refractivity contribution in [3.8, 4) is 11.8 Å². The predicted molar refractivity (Wildman–Crippen MR) is 95.2 cm³/mol. The van der Waals surface area contributed by atoms with Crippen LogP contribution in [0.4, 0.5) is 0 Å². The van der Waals surface area contributed by atoms with Crippen molar-refractivity contribution in [3.05, 3.63) is 58.6 Å². The van der Waals surface area contributed by atoms with E-state index in [1.54, 1.807) is 24.5 Å². The number of benzene rings is 2. The van der Waals surface area contributed by atoms with Gasteiger partial charge in [0.25, 0.3) is 0 Å². The van der Waals surface area contributed by atoms with Crippen molar-refractivity contribution < 1.29 is 4.74 Å². The molecule has 3 rings (SSSR count). The highest BCUT2D eigenvalue weighted by atomic mass is 35.5. The summed E-state index contributed by atoms with van der Waals surface area (Å²) in [6, 6.07) is 15.3. The second kappa shape index (κ2) is 7.42. The Labute approximate surface area is 144 Å². The van der Waals surface area contributed by atoms with Crippen LogP contribution in [0.15, 0.2) is 42.5 Å². The van der Waals surface area contributed by atoms with Gasteiger partial charge in [-0.3, -0.25) is 0 Å². The highest BCUT2D eigenvalue weighted by Crippen LogP contribution is 2.29. The van der Waals surface area contributed by atoms with Crippen LogP contribution in [0, 0.1) is 11.3 Å². The number of aromatic nitrogens is 1. The molecule has 6 heteroatoms. The third-order valence-corrected chi connectivity index (χ3v) is 4.59. The van der Waals surface area contributed by atoms with E-state index in [1.807, 2.05) is 36.4 Å². The number of nitrogens with two attached hydrogens (primary N) is 1. The summed E-state index contributed by atoms with van der Waals surface area (Å²) < 4.78 is 6.30. The van der Waals surface area contributed by atoms with Crippen molar-refractivity contribution >= 4 is 34.0 Å². The molecule has 3 aromatic rings. The Hall–Kier alpha value is -2.13. The monoisotopic (exact) mass is 345 g/mol. The summed E-state index contributed by atoms with van der Waals surface area (Å²) in [5, 5.41) is 9.85. The van der Waals surface area contributed by atoms with E-state index in [4.69, 9.17) is 15.7 Å². The van der Waals surface area contributed by atoms with E-state index >= 15 is 0 Å². The minimum atomic E-state index is -0.183. The summed E-state index contributed by atoms with van der Waals surface area (Å²) in [7, 11) is 1.65. The second-order valence-electron chi connectivity index (χ2n) is 5.01. The first-order valence-electron chi connectivity index (χ1n) is 6.88. The largest absolute Gasteiger partial charge is 0.497 e. The first kappa shape index (κ1) is 17.2. The number of nitrogens with zero attached hydrogens (tertiary/aromatic N) is 2. The molecule has 0 saturated heterocycles. The van der Waals surface area contributed by atoms with E-state index in [1.165, 1.54) is 0 Å². The maximum atomic E-state index is 8.95. The summed E-state index contributed by atoms with van der Waals surface area (Å²) >= 11 is 1.58. The van der Waals surface area contributed by atoms with Gasteiger partial charge in [0.05, 0.1) is 35.0 Å². The molecule has 1 heterocycles. The normalized spacial score (nSPS) is 11.5. The van der Waals surface area contributed by atoms with Gasteiger partial charge in [0, 0.05) is 0 Å². The van der Waals surface area contributed by atoms with Gasteiger partial charge in [0.1, 0.15) is 10.8 Å². The third-order valence-electron chi connectivity index (χ3n) is 3.44. The average molecular weight is 346 g/mol. The van der Waals surface area contributed by atoms with Crippen LogP contribution in [0.3, 0.4) is 0 Å². The molecule has 1 atom stereocenters. The Morgan fingerprint density at radius 3 is 2.87 bits per heavy atom. The van der Waals surface area contributed by atoms with Crippen molar-refractivity contribution in [3.63, 3.8) is 0 Å². The van der Waals surface area contributed by atoms with Crippen LogP contribution in [0.25, 0.3) is 10.2 Å². The standard InChI is InChI=1S/C17H15N3OS.ClH/c1-21-13-5-6-15-16(9-13)22-17(20-15)14(19)8-11-3-2-4-12(7-11)10-18;/h2-7,9,14H,8,19H2,1H3;1H. The molecule has 0 bridgehead atoms. The molecule has 2 N–H and O–H groups in total. The molecule has 0 spiro atoms. The van der Waals surface area contributed by atoms with Gasteiger partial charge in [-0.25, -0.2) is 4.98 Å². The number of thiazole rings is 1. The number of ether oxygens (including phenoxy) is 1. The number of hydrogen-bond donors (Lipinski definition) is 1. The lowest BCUT2D eigenvalue weighted by molar-refractivity contribution is 0.415. The van der Waals surface area contributed by atoms with Crippen LogP contribution in [0.2, 0.25) is 0 Å². The van der Waals surface area contributed by atoms with E-state index in [9.17, 15) is 0 Å². The Kier molecular flexibility index (Phi) is 5.56. The maximum Gasteiger partial charge on any atom is 0.120 e. The molecule has 1 unspecified atom stereocenters. The fourth-order valence-electron chi connectivity index (χ4n) is 2.32. The fraction of sp³-hybridized carbons (Fsp3) is 0.176. The highest BCUT2D eigenvalue weighted by molar-refractivity contribution is 7.18. The van der Waals surface area contributed by atoms with E-state index in [0.717, 1.165) is 26.5 Å². The molecule has 0 radical (unpaired) electrons. The molecule has 0 fully saturated rings. The zero-order valence-electron chi connectivity index (χ0n) is 12.5. The topological polar surface area (TPSA) is 71.9 Å². The zero-order valence-corrected chi connectivity index (χ0v) is 14.2. The summed E-state index contributed by atoms with van der Waals surface area (Å²) in [5.41, 5.74) is 8.92. The molecular weight excluding hydrogens is 330 g/mol. The smallest absolute Gasteiger partial charge is 0.120 e. The lowest BCUT2D eigenvalue weighted by Gasteiger charge is -2.08. The minimum Gasteiger partial charge on any atom is -0.497 e. The van der Waals surface area contributed by atoms with Crippen LogP contribution >= 0.6 is 23.7 Å². The highest BCUT2D eigenvalue weighted by Gasteiger charge is 2.13. The summed E-state index contributed by atoms with van der Waals surface area (Å²) in [6.07, 6.45) is 0.659. The SMILES string of the molecule is COc1ccc2nc(C(N)Cc3cccc(C#N)c3)sc2c1.Cl. The molecule has 0 amide bonds. The minimum absolute atomic E-state index is 0. The molecule has 23 heavy (non-hydrogen) atoms. The van der Waals surface area contributed by atoms with Crippen molar-refractivity contribution in [2.75, 3.05) is 7.11 Å². The molecule has 118 valence electrons. The Balaban J connectivity index is 0.00000192. The van der Waals surface area contributed by atoms with Crippen molar-refractivity contribution in [1.82, 2.24) is 4.98 Å². The third kappa shape index (κ3) is 3.80. The van der Waals surface area contributed by atoms with Crippen LogP contribution in [0.5, 0.6) is 5.75 Å². The van der Waals surface area contributed by atoms with Crippen LogP contribution in [-0.4, -0.2) is 12.1 Å². The molecule has 0 aliphatic carbocycles. The summed E-state index contributed by atoms with van der Waals surface area (Å²) in [4.78, 5) is 4.60. The molecule has 4 nitrogen and oxygen atoms in total. The fourth-order valence-corrected chi connectivity index (χ4v) is 3.31. The molecule has 0 aliphatic heterocycles. The first-order valence-corrected chi connectivity index (χ1v) is 7.70. The van der Waals surface area contributed by atoms with Gasteiger partial charge in [0.15, 0.2) is 0 Å². The van der Waals surface area contributed by atoms with Crippen LogP contribution < -0.4 is 10.5 Å². The molecule has 1 aromatic heterocycles. The first-order chi connectivity index (χ1) is 10.7. The Morgan fingerprint density at radius 2 is 2.13 bits per heavy atom. The molecule has 0 aliphatic rings. The lowest BCUT2D eigenvalue weighted by atomic mass is 10.0. The number of halogens is 1. The van der Waals surface area contributed by atoms with E-state index in [0.29, 0.717) is 12.0 Å². The second-order valence-corrected chi connectivity index (χ2v) is 6.07. The van der Waals surface area contributed by atoms with Gasteiger partial charge >= 0.3 is 0 Å². The summed E-state index contributed by atoms with van der Waals surface area (Å²) in [6.45, 7) is 0. The van der Waals surface area contributed by atoms with Crippen molar-refractivity contribution in [2.24, 2.45) is 5.73 Å². The predicted octanol–water partition coefficient (Wildman–Crippen LogP) is 3.84. The van der Waals surface area contributed by atoms with E-state index < -0.39 is 0 Å². The van der Waals surface area contributed by atoms with Gasteiger partial charge in [-0.05, 0) is 42.3 Å². The molecular formula is C17H16ClN3OS. The van der Waals surface area contributed by atoms with Gasteiger partial charge < -0.3 is 10.5 Å². The van der Waals surface area contributed by atoms with Crippen LogP contribution in [0.1, 0.15) is 22.2 Å². The number of fused-ring (bicyclic) bond motifs is 1. The van der Waals surface area contributed by atoms with E-state index in [-0.39, 0.29) is 18.4 Å². The van der Waals surface area contributed by atoms with Crippen molar-refractivity contribution in [2.45, 2.75) is 12.5 Å². The molecule has 0 saturated carbocycles. The number of nitriles is 1. The quantitative estimate of drug-likeness (QED) is 0.779. The number of rotatable bonds is 4. The number of methoxy groups -OCH3 is 1. The Morgan fingerprint density at radius 1 is 1.30 bits per heavy atom. The summed E-state index contributed by atoms with van der Waals surface area (Å²) in [5.74, 6) is 0.818. The number of hydrogen-bond acceptors (Lipinski definition) is 5. The average Bonchev–Trinajstić information content (AvgIpc) is 2.98. The lowest BCUT2D eigenvalue weighted by Crippen LogP contribution is -2.13. The van der Waals surface area contributed by atoms with Gasteiger partial charge in [-0.2, -0.15) is 5.26 Å². The van der Waals surface area contributed by atoms with Crippen molar-refractivity contribution in [1.29, 1.82) is 5.26 Å². The van der Waals surface area contributed by atoms with Crippen LogP contribution in [-0.2, 0) is 6.42 Å². The maximum absolute atomic E-state index is 8.95. The molecule has 2 aromatic carbocycles. The Bertz CT molecular complexity index is 856. The van der Waals surface area contributed by atoms with E-state index in [2.05, 4.69) is 11.1 Å². The zero-order chi connectivity index (χ0) is 15.5.